The van der Waals surface area contributed by atoms with Crippen LogP contribution in [0, 0.1) is 0 Å². The van der Waals surface area contributed by atoms with Crippen LogP contribution in [0.2, 0.25) is 0 Å². The number of benzene rings is 1. The Morgan fingerprint density at radius 1 is 1.19 bits per heavy atom. The highest BCUT2D eigenvalue weighted by molar-refractivity contribution is 8.16. The van der Waals surface area contributed by atoms with Crippen molar-refractivity contribution in [1.29, 1.82) is 0 Å². The molecule has 0 saturated carbocycles. The first kappa shape index (κ1) is 22.8. The predicted molar refractivity (Wildman–Crippen MR) is 118 cm³/mol. The maximum atomic E-state index is 12.0. The molecule has 1 fully saturated rings. The van der Waals surface area contributed by atoms with Crippen LogP contribution in [0.1, 0.15) is 50.1 Å². The lowest BCUT2D eigenvalue weighted by atomic mass is 9.99. The average Bonchev–Trinajstić information content (AvgIpc) is 3.00. The Morgan fingerprint density at radius 3 is 2.52 bits per heavy atom. The fraction of sp³-hybridized carbons (Fsp3) is 0.391. The molecule has 0 bridgehead atoms. The van der Waals surface area contributed by atoms with E-state index in [4.69, 9.17) is 9.47 Å². The molecule has 2 heterocycles. The first-order valence-electron chi connectivity index (χ1n) is 10.2. The Balaban J connectivity index is 1.47. The third kappa shape index (κ3) is 6.07. The number of carbonyl (C=O) groups excluding carboxylic acids is 3. The molecule has 1 aromatic carbocycles. The monoisotopic (exact) mass is 442 g/mol. The van der Waals surface area contributed by atoms with Gasteiger partial charge in [-0.1, -0.05) is 25.1 Å². The summed E-state index contributed by atoms with van der Waals surface area (Å²) in [5.41, 5.74) is 2.70. The van der Waals surface area contributed by atoms with Gasteiger partial charge in [-0.25, -0.2) is 0 Å². The van der Waals surface area contributed by atoms with Crippen LogP contribution in [0.3, 0.4) is 0 Å². The maximum absolute atomic E-state index is 12.0. The summed E-state index contributed by atoms with van der Waals surface area (Å²) < 4.78 is 10.3. The van der Waals surface area contributed by atoms with Gasteiger partial charge in [0, 0.05) is 30.3 Å². The van der Waals surface area contributed by atoms with Gasteiger partial charge < -0.3 is 9.47 Å². The van der Waals surface area contributed by atoms with Gasteiger partial charge in [0.25, 0.3) is 5.24 Å². The smallest absolute Gasteiger partial charge is 0.306 e. The highest BCUT2D eigenvalue weighted by atomic mass is 32.2. The summed E-state index contributed by atoms with van der Waals surface area (Å²) in [6.07, 6.45) is 2.86. The number of hydrogen-bond donors (Lipinski definition) is 1. The van der Waals surface area contributed by atoms with Gasteiger partial charge >= 0.3 is 5.97 Å². The van der Waals surface area contributed by atoms with E-state index >= 15 is 0 Å². The summed E-state index contributed by atoms with van der Waals surface area (Å²) in [7, 11) is 0. The number of imide groups is 1. The first-order chi connectivity index (χ1) is 14.8. The minimum absolute atomic E-state index is 0.233. The topological polar surface area (TPSA) is 94.6 Å². The van der Waals surface area contributed by atoms with E-state index in [1.165, 1.54) is 0 Å². The molecule has 1 saturated heterocycles. The number of nitrogens with zero attached hydrogens (tertiary/aromatic N) is 1. The average molecular weight is 443 g/mol. The molecule has 0 aliphatic carbocycles. The number of amides is 2. The highest BCUT2D eigenvalue weighted by Gasteiger charge is 2.43. The van der Waals surface area contributed by atoms with Crippen molar-refractivity contribution >= 4 is 28.9 Å². The molecular weight excluding hydrogens is 416 g/mol. The summed E-state index contributed by atoms with van der Waals surface area (Å²) in [6.45, 7) is 5.83. The van der Waals surface area contributed by atoms with Crippen molar-refractivity contribution < 1.29 is 23.9 Å². The lowest BCUT2D eigenvalue weighted by Crippen LogP contribution is -2.35. The molecule has 2 aromatic rings. The fourth-order valence-electron chi connectivity index (χ4n) is 3.16. The second kappa shape index (κ2) is 9.96. The van der Waals surface area contributed by atoms with Gasteiger partial charge in [0.15, 0.2) is 0 Å². The van der Waals surface area contributed by atoms with Gasteiger partial charge in [0.1, 0.15) is 16.6 Å². The number of aromatic nitrogens is 1. The van der Waals surface area contributed by atoms with Crippen LogP contribution < -0.4 is 10.1 Å². The Hall–Kier alpha value is -2.87. The van der Waals surface area contributed by atoms with Crippen LogP contribution in [0.4, 0.5) is 4.79 Å². The molecule has 3 rings (SSSR count). The van der Waals surface area contributed by atoms with Crippen LogP contribution in [0.5, 0.6) is 5.75 Å². The minimum atomic E-state index is -0.774. The third-order valence-corrected chi connectivity index (χ3v) is 6.09. The number of carbonyl (C=O) groups is 3. The van der Waals surface area contributed by atoms with Crippen LogP contribution >= 0.6 is 11.8 Å². The Labute approximate surface area is 185 Å². The Bertz CT molecular complexity index is 945. The summed E-state index contributed by atoms with van der Waals surface area (Å²) in [4.78, 5) is 39.2. The molecule has 164 valence electrons. The largest absolute Gasteiger partial charge is 0.493 e. The molecule has 8 heteroatoms. The standard InChI is InChI=1S/C23H26N2O5S/c1-4-20(26)30-15(2)17-7-8-18(24-14-17)11-12-29-19-9-5-16(6-10-19)13-23(3)21(27)25-22(28)31-23/h5-10,14-15H,4,11-13H2,1-3H3,(H,25,27,28). The molecule has 1 aliphatic heterocycles. The van der Waals surface area contributed by atoms with Gasteiger partial charge in [0.2, 0.25) is 5.91 Å². The third-order valence-electron chi connectivity index (χ3n) is 5.02. The van der Waals surface area contributed by atoms with Gasteiger partial charge in [-0.15, -0.1) is 0 Å². The molecule has 1 aromatic heterocycles. The number of ether oxygens (including phenoxy) is 2. The lowest BCUT2D eigenvalue weighted by molar-refractivity contribution is -0.148. The molecule has 2 unspecified atom stereocenters. The molecule has 0 spiro atoms. The lowest BCUT2D eigenvalue weighted by Gasteiger charge is -2.18. The second-order valence-corrected chi connectivity index (χ2v) is 9.04. The molecule has 31 heavy (non-hydrogen) atoms. The molecule has 1 aliphatic rings. The quantitative estimate of drug-likeness (QED) is 0.587. The van der Waals surface area contributed by atoms with Gasteiger partial charge in [-0.2, -0.15) is 0 Å². The van der Waals surface area contributed by atoms with Crippen molar-refractivity contribution in [2.24, 2.45) is 0 Å². The highest BCUT2D eigenvalue weighted by Crippen LogP contribution is 2.34. The van der Waals surface area contributed by atoms with Gasteiger partial charge in [-0.05, 0) is 55.8 Å². The van der Waals surface area contributed by atoms with Crippen molar-refractivity contribution in [2.75, 3.05) is 6.61 Å². The number of thioether (sulfide) groups is 1. The van der Waals surface area contributed by atoms with Gasteiger partial charge in [0.05, 0.1) is 6.61 Å². The Morgan fingerprint density at radius 2 is 1.94 bits per heavy atom. The van der Waals surface area contributed by atoms with E-state index in [9.17, 15) is 14.4 Å². The Kier molecular flexibility index (Phi) is 7.33. The minimum Gasteiger partial charge on any atom is -0.493 e. The van der Waals surface area contributed by atoms with E-state index in [1.807, 2.05) is 43.3 Å². The fourth-order valence-corrected chi connectivity index (χ4v) is 4.09. The van der Waals surface area contributed by atoms with Crippen LogP contribution in [-0.2, 0) is 27.2 Å². The molecule has 2 atom stereocenters. The van der Waals surface area contributed by atoms with E-state index in [1.54, 1.807) is 20.0 Å². The number of rotatable bonds is 9. The zero-order valence-corrected chi connectivity index (χ0v) is 18.7. The normalized spacial score (nSPS) is 19.1. The summed E-state index contributed by atoms with van der Waals surface area (Å²) in [5, 5.41) is 2.03. The maximum Gasteiger partial charge on any atom is 0.306 e. The molecule has 1 N–H and O–H groups in total. The molecule has 0 radical (unpaired) electrons. The summed E-state index contributed by atoms with van der Waals surface area (Å²) >= 11 is 1.03. The van der Waals surface area contributed by atoms with E-state index in [0.29, 0.717) is 25.9 Å². The van der Waals surface area contributed by atoms with Crippen molar-refractivity contribution in [3.05, 3.63) is 59.4 Å². The number of hydrogen-bond acceptors (Lipinski definition) is 7. The van der Waals surface area contributed by atoms with Crippen LogP contribution in [0.25, 0.3) is 0 Å². The van der Waals surface area contributed by atoms with E-state index in [0.717, 1.165) is 34.3 Å². The predicted octanol–water partition coefficient (Wildman–Crippen LogP) is 4.00. The SMILES string of the molecule is CCC(=O)OC(C)c1ccc(CCOc2ccc(CC3(C)SC(=O)NC3=O)cc2)nc1. The van der Waals surface area contributed by atoms with Crippen molar-refractivity contribution in [3.8, 4) is 5.75 Å². The molecule has 2 amide bonds. The number of pyridine rings is 1. The van der Waals surface area contributed by atoms with Gasteiger partial charge in [-0.3, -0.25) is 24.7 Å². The van der Waals surface area contributed by atoms with Crippen LogP contribution in [0.15, 0.2) is 42.6 Å². The summed E-state index contributed by atoms with van der Waals surface area (Å²) in [5.74, 6) is 0.244. The first-order valence-corrected chi connectivity index (χ1v) is 11.0. The molecule has 7 nitrogen and oxygen atoms in total. The zero-order valence-electron chi connectivity index (χ0n) is 17.8. The van der Waals surface area contributed by atoms with E-state index in [-0.39, 0.29) is 23.2 Å². The second-order valence-electron chi connectivity index (χ2n) is 7.56. The van der Waals surface area contributed by atoms with E-state index in [2.05, 4.69) is 10.3 Å². The van der Waals surface area contributed by atoms with Crippen molar-refractivity contribution in [2.45, 2.75) is 50.9 Å². The number of esters is 1. The molecular formula is C23H26N2O5S. The van der Waals surface area contributed by atoms with Crippen LogP contribution in [-0.4, -0.2) is 33.5 Å². The van der Waals surface area contributed by atoms with Crippen molar-refractivity contribution in [3.63, 3.8) is 0 Å². The summed E-state index contributed by atoms with van der Waals surface area (Å²) in [6, 6.07) is 11.3. The van der Waals surface area contributed by atoms with Crippen molar-refractivity contribution in [1.82, 2.24) is 10.3 Å². The number of nitrogens with one attached hydrogen (secondary N) is 1. The zero-order chi connectivity index (χ0) is 22.4. The van der Waals surface area contributed by atoms with E-state index < -0.39 is 4.75 Å².